The van der Waals surface area contributed by atoms with E-state index in [1.807, 2.05) is 5.92 Å². The van der Waals surface area contributed by atoms with Gasteiger partial charge < -0.3 is 9.84 Å². The third kappa shape index (κ3) is 2.21. The number of terminal acetylenes is 1. The van der Waals surface area contributed by atoms with Crippen LogP contribution >= 0.6 is 0 Å². The van der Waals surface area contributed by atoms with Crippen molar-refractivity contribution in [3.8, 4) is 12.3 Å². The van der Waals surface area contributed by atoms with E-state index in [9.17, 15) is 4.79 Å². The Labute approximate surface area is 47.3 Å². The molecule has 1 N–H and O–H groups in total. The van der Waals surface area contributed by atoms with Crippen LogP contribution in [0, 0.1) is 12.3 Å². The van der Waals surface area contributed by atoms with Crippen LogP contribution in [0.5, 0.6) is 0 Å². The molecule has 8 heavy (non-hydrogen) atoms. The van der Waals surface area contributed by atoms with E-state index in [2.05, 4.69) is 4.74 Å². The van der Waals surface area contributed by atoms with Gasteiger partial charge in [0.2, 0.25) is 0 Å². The number of carbonyl (C=O) groups is 1. The molecular formula is C5H6O3. The Balaban J connectivity index is 3.40. The average Bonchev–Trinajstić information content (AvgIpc) is 1.83. The molecular weight excluding hydrogens is 108 g/mol. The summed E-state index contributed by atoms with van der Waals surface area (Å²) in [5.41, 5.74) is 0. The Morgan fingerprint density at radius 3 is 2.75 bits per heavy atom. The molecule has 0 aliphatic carbocycles. The lowest BCUT2D eigenvalue weighted by atomic mass is 10.4. The predicted molar refractivity (Wildman–Crippen MR) is 26.9 cm³/mol. The summed E-state index contributed by atoms with van der Waals surface area (Å²) in [5, 5.41) is 8.23. The average molecular weight is 114 g/mol. The minimum absolute atomic E-state index is 0.209. The van der Waals surface area contributed by atoms with Gasteiger partial charge in [-0.25, -0.2) is 0 Å². The first-order chi connectivity index (χ1) is 3.85. The van der Waals surface area contributed by atoms with Crippen LogP contribution in [0.4, 0.5) is 0 Å². The normalized spacial score (nSPS) is 11.5. The highest BCUT2D eigenvalue weighted by molar-refractivity contribution is 5.38. The van der Waals surface area contributed by atoms with Crippen LogP contribution in [-0.4, -0.2) is 24.3 Å². The minimum atomic E-state index is -0.785. The molecule has 0 heterocycles. The number of hydrogen-bond donors (Lipinski definition) is 1. The number of aliphatic hydroxyl groups excluding tert-OH is 1. The molecule has 0 amide bonds. The maximum absolute atomic E-state index is 9.50. The van der Waals surface area contributed by atoms with Crippen LogP contribution in [0.25, 0.3) is 0 Å². The number of rotatable bonds is 3. The fourth-order valence-electron chi connectivity index (χ4n) is 0.202. The van der Waals surface area contributed by atoms with Gasteiger partial charge in [-0.3, -0.25) is 4.79 Å². The molecule has 0 saturated carbocycles. The molecule has 0 bridgehead atoms. The minimum Gasteiger partial charge on any atom is -0.449 e. The Morgan fingerprint density at radius 2 is 2.62 bits per heavy atom. The fourth-order valence-corrected chi connectivity index (χ4v) is 0.202. The van der Waals surface area contributed by atoms with E-state index in [1.165, 1.54) is 0 Å². The van der Waals surface area contributed by atoms with E-state index in [4.69, 9.17) is 11.5 Å². The van der Waals surface area contributed by atoms with E-state index >= 15 is 0 Å². The van der Waals surface area contributed by atoms with E-state index in [0.29, 0.717) is 0 Å². The van der Waals surface area contributed by atoms with Gasteiger partial charge in [-0.2, -0.15) is 0 Å². The van der Waals surface area contributed by atoms with Gasteiger partial charge in [0.1, 0.15) is 0 Å². The zero-order valence-electron chi connectivity index (χ0n) is 4.20. The number of ether oxygens (including phenoxy) is 1. The maximum Gasteiger partial charge on any atom is 0.294 e. The van der Waals surface area contributed by atoms with Crippen molar-refractivity contribution >= 4 is 6.47 Å². The smallest absolute Gasteiger partial charge is 0.294 e. The largest absolute Gasteiger partial charge is 0.449 e. The number of aliphatic hydroxyl groups is 1. The Bertz CT molecular complexity index is 103. The third-order valence-corrected chi connectivity index (χ3v) is 0.572. The van der Waals surface area contributed by atoms with Crippen molar-refractivity contribution in [2.75, 3.05) is 6.61 Å². The van der Waals surface area contributed by atoms with Gasteiger partial charge in [-0.1, -0.05) is 5.92 Å². The van der Waals surface area contributed by atoms with Gasteiger partial charge in [0.05, 0.1) is 6.61 Å². The first kappa shape index (κ1) is 6.99. The van der Waals surface area contributed by atoms with E-state index in [1.54, 1.807) is 0 Å². The Hall–Kier alpha value is -1.01. The second-order valence-electron chi connectivity index (χ2n) is 1.07. The quantitative estimate of drug-likeness (QED) is 0.384. The summed E-state index contributed by atoms with van der Waals surface area (Å²) in [4.78, 5) is 9.50. The van der Waals surface area contributed by atoms with Crippen molar-refractivity contribution in [2.45, 2.75) is 6.10 Å². The van der Waals surface area contributed by atoms with Crippen molar-refractivity contribution < 1.29 is 14.6 Å². The Kier molecular flexibility index (Phi) is 3.63. The van der Waals surface area contributed by atoms with Crippen LogP contribution in [-0.2, 0) is 9.53 Å². The zero-order valence-corrected chi connectivity index (χ0v) is 4.20. The van der Waals surface area contributed by atoms with Crippen LogP contribution in [0.15, 0.2) is 0 Å². The maximum atomic E-state index is 9.50. The van der Waals surface area contributed by atoms with Crippen molar-refractivity contribution in [3.05, 3.63) is 0 Å². The third-order valence-electron chi connectivity index (χ3n) is 0.572. The van der Waals surface area contributed by atoms with Crippen LogP contribution < -0.4 is 0 Å². The summed E-state index contributed by atoms with van der Waals surface area (Å²) < 4.78 is 4.17. The van der Waals surface area contributed by atoms with Gasteiger partial charge >= 0.3 is 0 Å². The topological polar surface area (TPSA) is 46.5 Å². The second kappa shape index (κ2) is 4.16. The molecule has 0 aromatic rings. The summed E-state index contributed by atoms with van der Waals surface area (Å²) >= 11 is 0. The molecule has 44 valence electrons. The molecule has 0 fully saturated rings. The highest BCUT2D eigenvalue weighted by Gasteiger charge is 1.98. The van der Waals surface area contributed by atoms with Crippen molar-refractivity contribution in [2.24, 2.45) is 0 Å². The molecule has 0 rings (SSSR count). The van der Waals surface area contributed by atoms with Crippen LogP contribution in [0.3, 0.4) is 0 Å². The number of hydrogen-bond acceptors (Lipinski definition) is 3. The molecule has 0 spiro atoms. The Morgan fingerprint density at radius 1 is 2.00 bits per heavy atom. The van der Waals surface area contributed by atoms with Crippen LogP contribution in [0.2, 0.25) is 0 Å². The summed E-state index contributed by atoms with van der Waals surface area (Å²) in [5.74, 6) is 2.05. The molecule has 0 aliphatic heterocycles. The summed E-state index contributed by atoms with van der Waals surface area (Å²) in [6, 6.07) is 0. The fraction of sp³-hybridized carbons (Fsp3) is 0.400. The van der Waals surface area contributed by atoms with Gasteiger partial charge in [-0.15, -0.1) is 6.42 Å². The SMILES string of the molecule is C#CC(CO)OC=O. The zero-order chi connectivity index (χ0) is 6.41. The monoisotopic (exact) mass is 114 g/mol. The summed E-state index contributed by atoms with van der Waals surface area (Å²) in [7, 11) is 0. The lowest BCUT2D eigenvalue weighted by molar-refractivity contribution is -0.132. The molecule has 0 radical (unpaired) electrons. The molecule has 0 aliphatic rings. The molecule has 0 saturated heterocycles. The highest BCUT2D eigenvalue weighted by atomic mass is 16.5. The van der Waals surface area contributed by atoms with Crippen molar-refractivity contribution in [1.82, 2.24) is 0 Å². The van der Waals surface area contributed by atoms with Gasteiger partial charge in [0.15, 0.2) is 6.10 Å². The predicted octanol–water partition coefficient (Wildman–Crippen LogP) is -0.847. The highest BCUT2D eigenvalue weighted by Crippen LogP contribution is 1.81. The second-order valence-corrected chi connectivity index (χ2v) is 1.07. The van der Waals surface area contributed by atoms with Gasteiger partial charge in [0.25, 0.3) is 6.47 Å². The molecule has 1 unspecified atom stereocenters. The van der Waals surface area contributed by atoms with E-state index < -0.39 is 6.10 Å². The molecule has 0 aromatic carbocycles. The molecule has 3 nitrogen and oxygen atoms in total. The molecule has 1 atom stereocenters. The van der Waals surface area contributed by atoms with E-state index in [-0.39, 0.29) is 13.1 Å². The van der Waals surface area contributed by atoms with Gasteiger partial charge in [-0.05, 0) is 0 Å². The number of carbonyl (C=O) groups excluding carboxylic acids is 1. The molecule has 3 heteroatoms. The van der Waals surface area contributed by atoms with E-state index in [0.717, 1.165) is 0 Å². The first-order valence-corrected chi connectivity index (χ1v) is 2.01. The van der Waals surface area contributed by atoms with Crippen molar-refractivity contribution in [1.29, 1.82) is 0 Å². The van der Waals surface area contributed by atoms with Crippen molar-refractivity contribution in [3.63, 3.8) is 0 Å². The summed E-state index contributed by atoms with van der Waals surface area (Å²) in [6.45, 7) is -0.115. The first-order valence-electron chi connectivity index (χ1n) is 2.01. The summed E-state index contributed by atoms with van der Waals surface area (Å²) in [6.07, 6.45) is 3.99. The lowest BCUT2D eigenvalue weighted by Crippen LogP contribution is -2.13. The van der Waals surface area contributed by atoms with Crippen LogP contribution in [0.1, 0.15) is 0 Å². The van der Waals surface area contributed by atoms with Gasteiger partial charge in [0, 0.05) is 0 Å². The lowest BCUT2D eigenvalue weighted by Gasteiger charge is -2.00. The molecule has 0 aromatic heterocycles. The standard InChI is InChI=1S/C5H6O3/c1-2-5(3-6)8-4-7/h1,4-6H,3H2.